The molecule has 0 aliphatic carbocycles. The Morgan fingerprint density at radius 3 is 2.48 bits per heavy atom. The smallest absolute Gasteiger partial charge is 0.279 e. The first kappa shape index (κ1) is 18.9. The lowest BCUT2D eigenvalue weighted by Crippen LogP contribution is -2.88. The average molecular weight is 345 g/mol. The number of rotatable bonds is 8. The van der Waals surface area contributed by atoms with Gasteiger partial charge in [0, 0.05) is 11.5 Å². The molecule has 1 amide bonds. The van der Waals surface area contributed by atoms with Gasteiger partial charge in [0.25, 0.3) is 5.91 Å². The molecule has 0 bridgehead atoms. The maximum atomic E-state index is 13.1. The van der Waals surface area contributed by atoms with Crippen molar-refractivity contribution >= 4 is 11.6 Å². The van der Waals surface area contributed by atoms with Crippen molar-refractivity contribution in [3.05, 3.63) is 59.9 Å². The zero-order chi connectivity index (χ0) is 18.2. The van der Waals surface area contributed by atoms with Gasteiger partial charge < -0.3 is 15.4 Å². The molecule has 2 aromatic carbocycles. The van der Waals surface area contributed by atoms with Crippen molar-refractivity contribution in [1.82, 2.24) is 0 Å². The molecule has 2 aromatic rings. The fraction of sp³-hybridized carbons (Fsp3) is 0.350. The van der Waals surface area contributed by atoms with E-state index in [1.165, 1.54) is 12.1 Å². The van der Waals surface area contributed by atoms with Crippen LogP contribution in [0.5, 0.6) is 5.75 Å². The van der Waals surface area contributed by atoms with Crippen LogP contribution in [0, 0.1) is 11.7 Å². The van der Waals surface area contributed by atoms with E-state index in [2.05, 4.69) is 19.2 Å². The second-order valence-electron chi connectivity index (χ2n) is 6.24. The van der Waals surface area contributed by atoms with E-state index < -0.39 is 0 Å². The van der Waals surface area contributed by atoms with Gasteiger partial charge in [-0.3, -0.25) is 4.79 Å². The molecule has 0 heterocycles. The molecular weight excluding hydrogens is 319 g/mol. The Kier molecular flexibility index (Phi) is 6.95. The number of nitrogens with two attached hydrogens (primary N) is 1. The van der Waals surface area contributed by atoms with Gasteiger partial charge in [-0.15, -0.1) is 0 Å². The SMILES string of the molecule is CCOc1ccccc1NC(=O)C[NH2+][C@H](c1ccc(F)cc1)C(C)C. The van der Waals surface area contributed by atoms with Crippen LogP contribution in [0.4, 0.5) is 10.1 Å². The van der Waals surface area contributed by atoms with Gasteiger partial charge in [-0.1, -0.05) is 38.1 Å². The summed E-state index contributed by atoms with van der Waals surface area (Å²) in [6.45, 7) is 6.90. The van der Waals surface area contributed by atoms with Crippen molar-refractivity contribution < 1.29 is 19.2 Å². The molecule has 0 radical (unpaired) electrons. The zero-order valence-electron chi connectivity index (χ0n) is 15.0. The second kappa shape index (κ2) is 9.18. The first-order valence-corrected chi connectivity index (χ1v) is 8.61. The van der Waals surface area contributed by atoms with Crippen LogP contribution >= 0.6 is 0 Å². The molecule has 0 saturated heterocycles. The summed E-state index contributed by atoms with van der Waals surface area (Å²) in [5.41, 5.74) is 1.68. The number of carbonyl (C=O) groups is 1. The van der Waals surface area contributed by atoms with E-state index in [0.717, 1.165) is 5.56 Å². The molecule has 2 rings (SSSR count). The Bertz CT molecular complexity index is 686. The van der Waals surface area contributed by atoms with Gasteiger partial charge in [0.1, 0.15) is 17.6 Å². The van der Waals surface area contributed by atoms with Gasteiger partial charge >= 0.3 is 0 Å². The molecule has 0 fully saturated rings. The maximum Gasteiger partial charge on any atom is 0.279 e. The molecule has 1 atom stereocenters. The molecular formula is C20H26FN2O2+. The van der Waals surface area contributed by atoms with Gasteiger partial charge in [0.05, 0.1) is 12.3 Å². The first-order valence-electron chi connectivity index (χ1n) is 8.61. The fourth-order valence-corrected chi connectivity index (χ4v) is 2.76. The van der Waals surface area contributed by atoms with Crippen LogP contribution in [0.2, 0.25) is 0 Å². The van der Waals surface area contributed by atoms with Gasteiger partial charge in [0.2, 0.25) is 0 Å². The summed E-state index contributed by atoms with van der Waals surface area (Å²) in [6.07, 6.45) is 0. The molecule has 3 N–H and O–H groups in total. The molecule has 0 aliphatic heterocycles. The van der Waals surface area contributed by atoms with Crippen molar-refractivity contribution in [3.8, 4) is 5.75 Å². The van der Waals surface area contributed by atoms with Crippen molar-refractivity contribution in [3.63, 3.8) is 0 Å². The molecule has 0 aromatic heterocycles. The Morgan fingerprint density at radius 2 is 1.84 bits per heavy atom. The summed E-state index contributed by atoms with van der Waals surface area (Å²) >= 11 is 0. The van der Waals surface area contributed by atoms with Gasteiger partial charge in [0.15, 0.2) is 6.54 Å². The molecule has 0 unspecified atom stereocenters. The van der Waals surface area contributed by atoms with Crippen molar-refractivity contribution in [2.75, 3.05) is 18.5 Å². The molecule has 134 valence electrons. The number of amides is 1. The number of carbonyl (C=O) groups excluding carboxylic acids is 1. The molecule has 0 saturated carbocycles. The van der Waals surface area contributed by atoms with Gasteiger partial charge in [-0.05, 0) is 31.2 Å². The highest BCUT2D eigenvalue weighted by atomic mass is 19.1. The average Bonchev–Trinajstić information content (AvgIpc) is 2.58. The van der Waals surface area contributed by atoms with E-state index in [4.69, 9.17) is 4.74 Å². The quantitative estimate of drug-likeness (QED) is 0.772. The predicted molar refractivity (Wildman–Crippen MR) is 97.0 cm³/mol. The number of hydrogen-bond acceptors (Lipinski definition) is 2. The first-order chi connectivity index (χ1) is 12.0. The largest absolute Gasteiger partial charge is 0.492 e. The number of quaternary nitrogens is 1. The highest BCUT2D eigenvalue weighted by Gasteiger charge is 2.20. The van der Waals surface area contributed by atoms with E-state index in [1.54, 1.807) is 12.1 Å². The highest BCUT2D eigenvalue weighted by Crippen LogP contribution is 2.23. The highest BCUT2D eigenvalue weighted by molar-refractivity contribution is 5.92. The van der Waals surface area contributed by atoms with Crippen LogP contribution in [0.25, 0.3) is 0 Å². The normalized spacial score (nSPS) is 12.0. The number of nitrogens with one attached hydrogen (secondary N) is 1. The summed E-state index contributed by atoms with van der Waals surface area (Å²) in [6, 6.07) is 13.9. The topological polar surface area (TPSA) is 54.9 Å². The minimum Gasteiger partial charge on any atom is -0.492 e. The van der Waals surface area contributed by atoms with E-state index in [9.17, 15) is 9.18 Å². The van der Waals surface area contributed by atoms with Crippen LogP contribution < -0.4 is 15.4 Å². The summed E-state index contributed by atoms with van der Waals surface area (Å²) in [5, 5.41) is 4.88. The summed E-state index contributed by atoms with van der Waals surface area (Å²) < 4.78 is 18.6. The number of para-hydroxylation sites is 2. The lowest BCUT2D eigenvalue weighted by atomic mass is 9.96. The molecule has 0 aliphatic rings. The molecule has 5 heteroatoms. The number of benzene rings is 2. The van der Waals surface area contributed by atoms with Crippen LogP contribution in [-0.2, 0) is 4.79 Å². The minimum absolute atomic E-state index is 0.0912. The summed E-state index contributed by atoms with van der Waals surface area (Å²) in [4.78, 5) is 12.3. The van der Waals surface area contributed by atoms with Crippen molar-refractivity contribution in [2.24, 2.45) is 5.92 Å². The van der Waals surface area contributed by atoms with Crippen molar-refractivity contribution in [1.29, 1.82) is 0 Å². The lowest BCUT2D eigenvalue weighted by molar-refractivity contribution is -0.692. The number of ether oxygens (including phenoxy) is 1. The van der Waals surface area contributed by atoms with Crippen molar-refractivity contribution in [2.45, 2.75) is 26.8 Å². The minimum atomic E-state index is -0.253. The van der Waals surface area contributed by atoms with E-state index in [-0.39, 0.29) is 24.3 Å². The third-order valence-corrected chi connectivity index (χ3v) is 3.99. The molecule has 25 heavy (non-hydrogen) atoms. The fourth-order valence-electron chi connectivity index (χ4n) is 2.76. The standard InChI is InChI=1S/C20H25FN2O2/c1-4-25-18-8-6-5-7-17(18)23-19(24)13-22-20(14(2)3)15-9-11-16(21)12-10-15/h5-12,14,20,22H,4,13H2,1-3H3,(H,23,24)/p+1/t20-/m0/s1. The Labute approximate surface area is 148 Å². The third-order valence-electron chi connectivity index (χ3n) is 3.99. The number of halogens is 1. The molecule has 4 nitrogen and oxygen atoms in total. The lowest BCUT2D eigenvalue weighted by Gasteiger charge is -2.19. The van der Waals surface area contributed by atoms with Crippen LogP contribution in [0.1, 0.15) is 32.4 Å². The van der Waals surface area contributed by atoms with E-state index in [0.29, 0.717) is 24.0 Å². The van der Waals surface area contributed by atoms with Crippen LogP contribution in [0.15, 0.2) is 48.5 Å². The summed E-state index contributed by atoms with van der Waals surface area (Å²) in [7, 11) is 0. The second-order valence-corrected chi connectivity index (χ2v) is 6.24. The molecule has 0 spiro atoms. The number of anilines is 1. The van der Waals surface area contributed by atoms with Crippen LogP contribution in [0.3, 0.4) is 0 Å². The predicted octanol–water partition coefficient (Wildman–Crippen LogP) is 3.12. The zero-order valence-corrected chi connectivity index (χ0v) is 15.0. The summed E-state index contributed by atoms with van der Waals surface area (Å²) in [5.74, 6) is 0.628. The van der Waals surface area contributed by atoms with Crippen LogP contribution in [-0.4, -0.2) is 19.1 Å². The monoisotopic (exact) mass is 345 g/mol. The van der Waals surface area contributed by atoms with E-state index >= 15 is 0 Å². The Balaban J connectivity index is 1.99. The third kappa shape index (κ3) is 5.57. The Hall–Kier alpha value is -2.40. The van der Waals surface area contributed by atoms with E-state index in [1.807, 2.05) is 36.5 Å². The van der Waals surface area contributed by atoms with Gasteiger partial charge in [-0.25, -0.2) is 4.39 Å². The van der Waals surface area contributed by atoms with Gasteiger partial charge in [-0.2, -0.15) is 0 Å². The maximum absolute atomic E-state index is 13.1. The number of hydrogen-bond donors (Lipinski definition) is 2. The Morgan fingerprint density at radius 1 is 1.16 bits per heavy atom.